The van der Waals surface area contributed by atoms with E-state index in [1.807, 2.05) is 30.4 Å². The number of aryl methyl sites for hydroxylation is 2. The van der Waals surface area contributed by atoms with E-state index in [2.05, 4.69) is 23.6 Å². The summed E-state index contributed by atoms with van der Waals surface area (Å²) >= 11 is 8.05. The molecule has 0 aromatic carbocycles. The largest absolute Gasteiger partial charge is 0.308 e. The van der Waals surface area contributed by atoms with Crippen LogP contribution in [0.15, 0.2) is 0 Å². The van der Waals surface area contributed by atoms with Gasteiger partial charge in [-0.15, -0.1) is 0 Å². The number of thioether (sulfide) groups is 1. The second kappa shape index (κ2) is 6.52. The molecule has 1 unspecified atom stereocenters. The van der Waals surface area contributed by atoms with Crippen LogP contribution in [-0.4, -0.2) is 27.8 Å². The van der Waals surface area contributed by atoms with Crippen molar-refractivity contribution in [2.45, 2.75) is 32.9 Å². The molecule has 0 aliphatic heterocycles. The lowest BCUT2D eigenvalue weighted by Crippen LogP contribution is -2.30. The van der Waals surface area contributed by atoms with Gasteiger partial charge in [0.1, 0.15) is 0 Å². The Bertz CT molecular complexity index is 338. The van der Waals surface area contributed by atoms with Crippen LogP contribution >= 0.6 is 23.4 Å². The second-order valence-electron chi connectivity index (χ2n) is 3.91. The molecule has 1 rings (SSSR count). The molecule has 0 saturated heterocycles. The number of nitrogens with zero attached hydrogens (tertiary/aromatic N) is 2. The second-order valence-corrected chi connectivity index (χ2v) is 5.20. The molecule has 92 valence electrons. The zero-order valence-corrected chi connectivity index (χ0v) is 12.0. The molecule has 0 spiro atoms. The normalized spacial score (nSPS) is 13.1. The van der Waals surface area contributed by atoms with Crippen LogP contribution in [0.25, 0.3) is 0 Å². The van der Waals surface area contributed by atoms with Gasteiger partial charge < -0.3 is 5.32 Å². The van der Waals surface area contributed by atoms with Crippen LogP contribution in [0.4, 0.5) is 0 Å². The molecule has 5 heteroatoms. The van der Waals surface area contributed by atoms with E-state index in [1.54, 1.807) is 0 Å². The zero-order valence-electron chi connectivity index (χ0n) is 10.4. The summed E-state index contributed by atoms with van der Waals surface area (Å²) < 4.78 is 1.86. The topological polar surface area (TPSA) is 29.9 Å². The van der Waals surface area contributed by atoms with Crippen molar-refractivity contribution in [2.24, 2.45) is 7.05 Å². The number of rotatable bonds is 6. The van der Waals surface area contributed by atoms with Crippen LogP contribution in [0.2, 0.25) is 5.02 Å². The van der Waals surface area contributed by atoms with E-state index >= 15 is 0 Å². The van der Waals surface area contributed by atoms with Crippen LogP contribution in [-0.2, 0) is 13.6 Å². The van der Waals surface area contributed by atoms with Crippen molar-refractivity contribution >= 4 is 23.4 Å². The molecule has 0 saturated carbocycles. The maximum atomic E-state index is 6.19. The first-order valence-corrected chi connectivity index (χ1v) is 7.27. The summed E-state index contributed by atoms with van der Waals surface area (Å²) in [5, 5.41) is 8.60. The molecule has 0 amide bonds. The van der Waals surface area contributed by atoms with E-state index in [4.69, 9.17) is 11.6 Å². The lowest BCUT2D eigenvalue weighted by molar-refractivity contribution is 0.522. The van der Waals surface area contributed by atoms with Crippen molar-refractivity contribution in [1.82, 2.24) is 15.1 Å². The quantitative estimate of drug-likeness (QED) is 0.854. The van der Waals surface area contributed by atoms with E-state index in [1.165, 1.54) is 0 Å². The van der Waals surface area contributed by atoms with E-state index in [0.717, 1.165) is 35.1 Å². The highest BCUT2D eigenvalue weighted by Gasteiger charge is 2.12. The minimum absolute atomic E-state index is 0.543. The molecule has 1 aromatic rings. The van der Waals surface area contributed by atoms with Gasteiger partial charge in [-0.1, -0.05) is 18.5 Å². The fraction of sp³-hybridized carbons (Fsp3) is 0.727. The Hall–Kier alpha value is -0.190. The summed E-state index contributed by atoms with van der Waals surface area (Å²) in [5.74, 6) is 1.13. The first kappa shape index (κ1) is 13.9. The van der Waals surface area contributed by atoms with Gasteiger partial charge in [-0.2, -0.15) is 16.9 Å². The summed E-state index contributed by atoms with van der Waals surface area (Å²) in [4.78, 5) is 0. The molecule has 0 bridgehead atoms. The Morgan fingerprint density at radius 3 is 2.69 bits per heavy atom. The lowest BCUT2D eigenvalue weighted by atomic mass is 10.2. The summed E-state index contributed by atoms with van der Waals surface area (Å²) in [5.41, 5.74) is 1.97. The van der Waals surface area contributed by atoms with Crippen LogP contribution in [0.5, 0.6) is 0 Å². The summed E-state index contributed by atoms with van der Waals surface area (Å²) in [6, 6.07) is 0.543. The molecule has 0 aliphatic rings. The third-order valence-electron chi connectivity index (χ3n) is 2.68. The van der Waals surface area contributed by atoms with Gasteiger partial charge in [-0.25, -0.2) is 0 Å². The van der Waals surface area contributed by atoms with E-state index in [9.17, 15) is 0 Å². The summed E-state index contributed by atoms with van der Waals surface area (Å²) in [6.45, 7) is 4.92. The summed E-state index contributed by atoms with van der Waals surface area (Å²) in [7, 11) is 1.94. The van der Waals surface area contributed by atoms with Crippen LogP contribution < -0.4 is 5.32 Å². The third kappa shape index (κ3) is 3.40. The highest BCUT2D eigenvalue weighted by Crippen LogP contribution is 2.19. The number of hydrogen-bond acceptors (Lipinski definition) is 3. The summed E-state index contributed by atoms with van der Waals surface area (Å²) in [6.07, 6.45) is 3.26. The van der Waals surface area contributed by atoms with E-state index in [0.29, 0.717) is 6.04 Å². The van der Waals surface area contributed by atoms with Gasteiger partial charge in [-0.3, -0.25) is 4.68 Å². The minimum atomic E-state index is 0.543. The number of halogens is 1. The maximum Gasteiger partial charge on any atom is 0.0860 e. The van der Waals surface area contributed by atoms with E-state index < -0.39 is 0 Å². The van der Waals surface area contributed by atoms with Crippen molar-refractivity contribution in [2.75, 3.05) is 12.0 Å². The zero-order chi connectivity index (χ0) is 12.1. The lowest BCUT2D eigenvalue weighted by Gasteiger charge is -2.15. The SMILES string of the molecule is CCC(CSC)NCc1c(Cl)c(C)nn1C. The van der Waals surface area contributed by atoms with Crippen LogP contribution in [0, 0.1) is 6.92 Å². The standard InChI is InChI=1S/C11H20ClN3S/c1-5-9(7-16-4)13-6-10-11(12)8(2)14-15(10)3/h9,13H,5-7H2,1-4H3. The van der Waals surface area contributed by atoms with Crippen LogP contribution in [0.1, 0.15) is 24.7 Å². The van der Waals surface area contributed by atoms with Crippen molar-refractivity contribution in [3.8, 4) is 0 Å². The van der Waals surface area contributed by atoms with Crippen molar-refractivity contribution in [1.29, 1.82) is 0 Å². The van der Waals surface area contributed by atoms with E-state index in [-0.39, 0.29) is 0 Å². The molecule has 0 fully saturated rings. The maximum absolute atomic E-state index is 6.19. The molecule has 1 atom stereocenters. The highest BCUT2D eigenvalue weighted by molar-refractivity contribution is 7.98. The Morgan fingerprint density at radius 2 is 2.25 bits per heavy atom. The molecule has 0 radical (unpaired) electrons. The van der Waals surface area contributed by atoms with Gasteiger partial charge in [0, 0.05) is 25.4 Å². The average Bonchev–Trinajstić information content (AvgIpc) is 2.49. The van der Waals surface area contributed by atoms with Gasteiger partial charge in [-0.05, 0) is 19.6 Å². The Morgan fingerprint density at radius 1 is 1.56 bits per heavy atom. The molecule has 0 aliphatic carbocycles. The van der Waals surface area contributed by atoms with Gasteiger partial charge >= 0.3 is 0 Å². The van der Waals surface area contributed by atoms with Crippen molar-refractivity contribution in [3.63, 3.8) is 0 Å². The highest BCUT2D eigenvalue weighted by atomic mass is 35.5. The molecular weight excluding hydrogens is 242 g/mol. The van der Waals surface area contributed by atoms with Crippen LogP contribution in [0.3, 0.4) is 0 Å². The minimum Gasteiger partial charge on any atom is -0.308 e. The van der Waals surface area contributed by atoms with Crippen molar-refractivity contribution in [3.05, 3.63) is 16.4 Å². The first-order chi connectivity index (χ1) is 7.60. The number of aromatic nitrogens is 2. The van der Waals surface area contributed by atoms with Gasteiger partial charge in [0.2, 0.25) is 0 Å². The van der Waals surface area contributed by atoms with Crippen molar-refractivity contribution < 1.29 is 0 Å². The molecule has 1 heterocycles. The molecule has 16 heavy (non-hydrogen) atoms. The van der Waals surface area contributed by atoms with Gasteiger partial charge in [0.15, 0.2) is 0 Å². The Labute approximate surface area is 107 Å². The predicted octanol–water partition coefficient (Wildman–Crippen LogP) is 2.61. The smallest absolute Gasteiger partial charge is 0.0860 e. The average molecular weight is 262 g/mol. The number of nitrogens with one attached hydrogen (secondary N) is 1. The predicted molar refractivity (Wildman–Crippen MR) is 72.3 cm³/mol. The monoisotopic (exact) mass is 261 g/mol. The van der Waals surface area contributed by atoms with Gasteiger partial charge in [0.25, 0.3) is 0 Å². The number of hydrogen-bond donors (Lipinski definition) is 1. The Kier molecular flexibility index (Phi) is 5.66. The Balaban J connectivity index is 2.59. The molecule has 1 aromatic heterocycles. The molecular formula is C11H20ClN3S. The first-order valence-electron chi connectivity index (χ1n) is 5.50. The molecule has 1 N–H and O–H groups in total. The van der Waals surface area contributed by atoms with Gasteiger partial charge in [0.05, 0.1) is 16.4 Å². The molecule has 3 nitrogen and oxygen atoms in total. The fourth-order valence-electron chi connectivity index (χ4n) is 1.64. The third-order valence-corrected chi connectivity index (χ3v) is 3.91. The fourth-order valence-corrected chi connectivity index (χ4v) is 2.62.